The van der Waals surface area contributed by atoms with Crippen LogP contribution in [-0.2, 0) is 21.6 Å². The van der Waals surface area contributed by atoms with Crippen LogP contribution >= 0.6 is 0 Å². The molecule has 1 aliphatic rings. The van der Waals surface area contributed by atoms with Crippen LogP contribution in [0.25, 0.3) is 0 Å². The van der Waals surface area contributed by atoms with Crippen LogP contribution in [0.3, 0.4) is 0 Å². The van der Waals surface area contributed by atoms with Gasteiger partial charge in [0, 0.05) is 12.1 Å². The van der Waals surface area contributed by atoms with Crippen molar-refractivity contribution in [3.05, 3.63) is 35.4 Å². The number of likely N-dealkylation sites (tertiary alicyclic amines) is 1. The van der Waals surface area contributed by atoms with Crippen LogP contribution in [0.15, 0.2) is 24.3 Å². The second-order valence-corrected chi connectivity index (χ2v) is 7.14. The Hall–Kier alpha value is -1.84. The molecule has 1 amide bonds. The first-order chi connectivity index (χ1) is 11.8. The number of nitrogens with zero attached hydrogens (tertiary/aromatic N) is 1. The average Bonchev–Trinajstić information content (AvgIpc) is 2.92. The largest absolute Gasteiger partial charge is 0.444 e. The predicted molar refractivity (Wildman–Crippen MR) is 84.9 cm³/mol. The molecule has 0 aliphatic carbocycles. The van der Waals surface area contributed by atoms with Gasteiger partial charge in [-0.1, -0.05) is 12.1 Å². The van der Waals surface area contributed by atoms with Gasteiger partial charge in [-0.05, 0) is 39.3 Å². The monoisotopic (exact) mass is 377 g/mol. The zero-order valence-corrected chi connectivity index (χ0v) is 14.7. The Morgan fingerprint density at radius 3 is 2.15 bits per heavy atom. The Morgan fingerprint density at radius 2 is 1.65 bits per heavy atom. The van der Waals surface area contributed by atoms with Crippen LogP contribution in [-0.4, -0.2) is 46.0 Å². The van der Waals surface area contributed by atoms with E-state index in [4.69, 9.17) is 9.47 Å². The fourth-order valence-corrected chi connectivity index (χ4v) is 2.49. The maximum Gasteiger partial charge on any atom is 0.416 e. The molecule has 1 fully saturated rings. The summed E-state index contributed by atoms with van der Waals surface area (Å²) in [6.45, 7) is 5.57. The molecule has 0 radical (unpaired) electrons. The van der Waals surface area contributed by atoms with E-state index < -0.39 is 35.5 Å². The molecule has 1 aromatic rings. The number of carbonyl (C=O) groups is 1. The van der Waals surface area contributed by atoms with Gasteiger partial charge in [-0.25, -0.2) is 4.79 Å². The Balaban J connectivity index is 1.98. The quantitative estimate of drug-likeness (QED) is 0.792. The predicted octanol–water partition coefficient (Wildman–Crippen LogP) is 2.83. The van der Waals surface area contributed by atoms with Gasteiger partial charge in [0.15, 0.2) is 0 Å². The minimum Gasteiger partial charge on any atom is -0.444 e. The van der Waals surface area contributed by atoms with Gasteiger partial charge >= 0.3 is 18.2 Å². The number of hydrogen-bond acceptors (Lipinski definition) is 5. The first-order valence-electron chi connectivity index (χ1n) is 8.06. The summed E-state index contributed by atoms with van der Waals surface area (Å²) >= 11 is 0. The summed E-state index contributed by atoms with van der Waals surface area (Å²) in [5.74, 6) is -2.77. The molecule has 1 aliphatic heterocycles. The van der Waals surface area contributed by atoms with Gasteiger partial charge in [-0.2, -0.15) is 13.2 Å². The smallest absolute Gasteiger partial charge is 0.416 e. The lowest BCUT2D eigenvalue weighted by Gasteiger charge is -2.27. The molecular formula is C17H22F3NO5. The van der Waals surface area contributed by atoms with E-state index in [2.05, 4.69) is 0 Å². The van der Waals surface area contributed by atoms with E-state index >= 15 is 0 Å². The van der Waals surface area contributed by atoms with E-state index in [0.29, 0.717) is 13.0 Å². The Morgan fingerprint density at radius 1 is 1.12 bits per heavy atom. The molecule has 2 rings (SSSR count). The number of aliphatic hydroxyl groups is 2. The number of alkyl halides is 3. The minimum atomic E-state index is -4.52. The maximum atomic E-state index is 12.6. The van der Waals surface area contributed by atoms with Crippen LogP contribution in [0, 0.1) is 0 Å². The zero-order chi connectivity index (χ0) is 19.8. The van der Waals surface area contributed by atoms with Crippen molar-refractivity contribution in [2.45, 2.75) is 51.0 Å². The molecule has 1 saturated heterocycles. The molecule has 0 saturated carbocycles. The topological polar surface area (TPSA) is 79.2 Å². The van der Waals surface area contributed by atoms with E-state index in [0.717, 1.165) is 24.3 Å². The molecule has 1 atom stereocenters. The summed E-state index contributed by atoms with van der Waals surface area (Å²) in [6.07, 6.45) is -5.42. The number of amides is 1. The van der Waals surface area contributed by atoms with Crippen molar-refractivity contribution in [1.82, 2.24) is 4.90 Å². The van der Waals surface area contributed by atoms with E-state index in [1.807, 2.05) is 0 Å². The molecule has 1 unspecified atom stereocenters. The van der Waals surface area contributed by atoms with Crippen LogP contribution in [0.5, 0.6) is 0 Å². The van der Waals surface area contributed by atoms with Gasteiger partial charge in [0.1, 0.15) is 5.60 Å². The van der Waals surface area contributed by atoms with Crippen LogP contribution in [0.4, 0.5) is 18.0 Å². The Labute approximate surface area is 149 Å². The summed E-state index contributed by atoms with van der Waals surface area (Å²) in [6, 6.07) is 3.34. The lowest BCUT2D eigenvalue weighted by atomic mass is 10.1. The van der Waals surface area contributed by atoms with Gasteiger partial charge in [-0.3, -0.25) is 0 Å². The van der Waals surface area contributed by atoms with Gasteiger partial charge in [0.05, 0.1) is 18.2 Å². The van der Waals surface area contributed by atoms with Crippen molar-refractivity contribution in [3.8, 4) is 0 Å². The Bertz CT molecular complexity index is 637. The maximum absolute atomic E-state index is 12.6. The van der Waals surface area contributed by atoms with Crippen LogP contribution in [0.2, 0.25) is 0 Å². The van der Waals surface area contributed by atoms with Crippen molar-refractivity contribution in [3.63, 3.8) is 0 Å². The summed E-state index contributed by atoms with van der Waals surface area (Å²) in [5.41, 5.74) is -1.80. The molecule has 1 aromatic carbocycles. The number of carbonyl (C=O) groups excluding carboxylic acids is 1. The van der Waals surface area contributed by atoms with Crippen molar-refractivity contribution >= 4 is 6.09 Å². The second-order valence-electron chi connectivity index (χ2n) is 7.14. The number of halogens is 3. The average molecular weight is 377 g/mol. The molecule has 0 spiro atoms. The van der Waals surface area contributed by atoms with Crippen molar-refractivity contribution in [2.75, 3.05) is 13.1 Å². The zero-order valence-electron chi connectivity index (χ0n) is 14.7. The second kappa shape index (κ2) is 7.05. The van der Waals surface area contributed by atoms with Crippen molar-refractivity contribution in [1.29, 1.82) is 0 Å². The van der Waals surface area contributed by atoms with Crippen molar-refractivity contribution in [2.24, 2.45) is 0 Å². The van der Waals surface area contributed by atoms with Gasteiger partial charge in [-0.15, -0.1) is 0 Å². The highest BCUT2D eigenvalue weighted by molar-refractivity contribution is 5.68. The lowest BCUT2D eigenvalue weighted by molar-refractivity contribution is -0.364. The third-order valence-electron chi connectivity index (χ3n) is 3.72. The number of benzene rings is 1. The highest BCUT2D eigenvalue weighted by Crippen LogP contribution is 2.31. The van der Waals surface area contributed by atoms with Gasteiger partial charge < -0.3 is 24.6 Å². The lowest BCUT2D eigenvalue weighted by Crippen LogP contribution is -2.38. The number of ether oxygens (including phenoxy) is 2. The minimum absolute atomic E-state index is 0.0818. The van der Waals surface area contributed by atoms with Gasteiger partial charge in [0.25, 0.3) is 0 Å². The van der Waals surface area contributed by atoms with Crippen molar-refractivity contribution < 1.29 is 37.7 Å². The summed E-state index contributed by atoms with van der Waals surface area (Å²) in [7, 11) is 0. The fourth-order valence-electron chi connectivity index (χ4n) is 2.49. The first kappa shape index (κ1) is 20.5. The van der Waals surface area contributed by atoms with Crippen LogP contribution in [0.1, 0.15) is 38.3 Å². The first-order valence-corrected chi connectivity index (χ1v) is 8.06. The third-order valence-corrected chi connectivity index (χ3v) is 3.72. The molecule has 2 N–H and O–H groups in total. The molecule has 6 nitrogen and oxygen atoms in total. The van der Waals surface area contributed by atoms with E-state index in [1.54, 1.807) is 20.8 Å². The molecule has 26 heavy (non-hydrogen) atoms. The molecule has 9 heteroatoms. The van der Waals surface area contributed by atoms with E-state index in [1.165, 1.54) is 4.90 Å². The molecule has 146 valence electrons. The summed E-state index contributed by atoms with van der Waals surface area (Å²) in [5, 5.41) is 20.1. The third kappa shape index (κ3) is 5.33. The number of hydrogen-bond donors (Lipinski definition) is 2. The molecule has 1 heterocycles. The SMILES string of the molecule is CC(C)(C)OC(=O)N1CCC(OC(O)(O)c2ccc(C(F)(F)F)cc2)C1. The fraction of sp³-hybridized carbons (Fsp3) is 0.588. The standard InChI is InChI=1S/C17H22F3NO5/c1-15(2,3)26-14(22)21-9-8-13(10-21)25-17(23,24)12-6-4-11(5-7-12)16(18,19)20/h4-7,13,23-24H,8-10H2,1-3H3. The Kier molecular flexibility index (Phi) is 5.55. The molecule has 0 bridgehead atoms. The normalized spacial score (nSPS) is 18.9. The van der Waals surface area contributed by atoms with Gasteiger partial charge in [0.2, 0.25) is 0 Å². The highest BCUT2D eigenvalue weighted by Gasteiger charge is 2.38. The number of rotatable bonds is 3. The molecule has 0 aromatic heterocycles. The van der Waals surface area contributed by atoms with E-state index in [-0.39, 0.29) is 12.1 Å². The van der Waals surface area contributed by atoms with Crippen LogP contribution < -0.4 is 0 Å². The van der Waals surface area contributed by atoms with E-state index in [9.17, 15) is 28.2 Å². The summed E-state index contributed by atoms with van der Waals surface area (Å²) < 4.78 is 48.2. The molecular weight excluding hydrogens is 355 g/mol. The summed E-state index contributed by atoms with van der Waals surface area (Å²) in [4.78, 5) is 13.4. The highest BCUT2D eigenvalue weighted by atomic mass is 19.4.